The molecular weight excluding hydrogens is 360 g/mol. The molecule has 0 aromatic heterocycles. The molecule has 0 radical (unpaired) electrons. The number of piperidine rings is 1. The Morgan fingerprint density at radius 3 is 2.82 bits per heavy atom. The molecule has 2 aliphatic heterocycles. The van der Waals surface area contributed by atoms with Crippen LogP contribution in [0.2, 0.25) is 0 Å². The van der Waals surface area contributed by atoms with E-state index in [9.17, 15) is 9.59 Å². The van der Waals surface area contributed by atoms with E-state index in [2.05, 4.69) is 15.8 Å². The summed E-state index contributed by atoms with van der Waals surface area (Å²) >= 11 is 0. The number of carbonyl (C=O) groups excluding carboxylic acids is 2. The summed E-state index contributed by atoms with van der Waals surface area (Å²) in [6, 6.07) is 5.94. The summed E-state index contributed by atoms with van der Waals surface area (Å²) in [6.45, 7) is 1.46. The molecule has 2 N–H and O–H groups in total. The summed E-state index contributed by atoms with van der Waals surface area (Å²) in [5.74, 6) is 1.44. The van der Waals surface area contributed by atoms with E-state index in [1.165, 1.54) is 0 Å². The number of hydrogen-bond donors (Lipinski definition) is 2. The van der Waals surface area contributed by atoms with Crippen LogP contribution in [-0.4, -0.2) is 55.8 Å². The predicted molar refractivity (Wildman–Crippen MR) is 107 cm³/mol. The van der Waals surface area contributed by atoms with Gasteiger partial charge in [-0.05, 0) is 37.8 Å². The molecule has 2 aliphatic rings. The number of nitrogens with one attached hydrogen (secondary N) is 2. The first-order valence-electron chi connectivity index (χ1n) is 9.69. The standard InChI is InChI=1S/C20H28N4O4/c1-27-17-8-5-15(12-18(17)28-2)21-16-4-3-11-24(13-16)20(26)10-7-14-6-9-19(25)23-22-14/h5,8,12,16,21H,3-4,6-7,9-11,13H2,1-2H3,(H,23,25). The molecule has 1 aromatic rings. The maximum Gasteiger partial charge on any atom is 0.240 e. The second-order valence-corrected chi connectivity index (χ2v) is 7.11. The largest absolute Gasteiger partial charge is 0.493 e. The highest BCUT2D eigenvalue weighted by Crippen LogP contribution is 2.30. The highest BCUT2D eigenvalue weighted by molar-refractivity contribution is 5.94. The van der Waals surface area contributed by atoms with Gasteiger partial charge < -0.3 is 19.7 Å². The topological polar surface area (TPSA) is 92.3 Å². The van der Waals surface area contributed by atoms with Crippen LogP contribution in [-0.2, 0) is 9.59 Å². The highest BCUT2D eigenvalue weighted by atomic mass is 16.5. The number of benzene rings is 1. The van der Waals surface area contributed by atoms with Gasteiger partial charge in [0.2, 0.25) is 11.8 Å². The maximum absolute atomic E-state index is 12.6. The van der Waals surface area contributed by atoms with Gasteiger partial charge >= 0.3 is 0 Å². The summed E-state index contributed by atoms with van der Waals surface area (Å²) in [6.07, 6.45) is 4.10. The lowest BCUT2D eigenvalue weighted by atomic mass is 10.0. The minimum absolute atomic E-state index is 0.0600. The Bertz CT molecular complexity index is 750. The summed E-state index contributed by atoms with van der Waals surface area (Å²) in [4.78, 5) is 25.7. The minimum atomic E-state index is -0.0600. The maximum atomic E-state index is 12.6. The van der Waals surface area contributed by atoms with Crippen LogP contribution in [0.15, 0.2) is 23.3 Å². The molecule has 28 heavy (non-hydrogen) atoms. The van der Waals surface area contributed by atoms with Crippen molar-refractivity contribution in [3.8, 4) is 11.5 Å². The van der Waals surface area contributed by atoms with Crippen molar-refractivity contribution in [3.05, 3.63) is 18.2 Å². The number of hydrogen-bond acceptors (Lipinski definition) is 6. The van der Waals surface area contributed by atoms with Gasteiger partial charge in [0.15, 0.2) is 11.5 Å². The van der Waals surface area contributed by atoms with Gasteiger partial charge in [0, 0.05) is 49.4 Å². The Morgan fingerprint density at radius 1 is 1.29 bits per heavy atom. The average molecular weight is 388 g/mol. The second-order valence-electron chi connectivity index (χ2n) is 7.11. The number of carbonyl (C=O) groups is 2. The Labute approximate surface area is 165 Å². The van der Waals surface area contributed by atoms with E-state index in [-0.39, 0.29) is 17.9 Å². The molecule has 0 saturated carbocycles. The Hall–Kier alpha value is -2.77. The molecule has 152 valence electrons. The van der Waals surface area contributed by atoms with E-state index in [0.717, 1.165) is 30.8 Å². The van der Waals surface area contributed by atoms with E-state index in [0.29, 0.717) is 43.7 Å². The van der Waals surface area contributed by atoms with Gasteiger partial charge in [-0.3, -0.25) is 9.59 Å². The number of anilines is 1. The first-order chi connectivity index (χ1) is 13.6. The van der Waals surface area contributed by atoms with Gasteiger partial charge in [-0.1, -0.05) is 0 Å². The molecule has 8 heteroatoms. The SMILES string of the molecule is COc1ccc(NC2CCCN(C(=O)CCC3=NNC(=O)CC3)C2)cc1OC. The molecule has 2 amide bonds. The molecule has 0 bridgehead atoms. The number of rotatable bonds is 7. The molecule has 8 nitrogen and oxygen atoms in total. The molecule has 0 spiro atoms. The van der Waals surface area contributed by atoms with Crippen molar-refractivity contribution in [2.75, 3.05) is 32.6 Å². The van der Waals surface area contributed by atoms with Gasteiger partial charge in [0.05, 0.1) is 14.2 Å². The molecule has 1 unspecified atom stereocenters. The normalized spacial score (nSPS) is 19.5. The summed E-state index contributed by atoms with van der Waals surface area (Å²) in [7, 11) is 3.23. The zero-order chi connectivity index (χ0) is 19.9. The Kier molecular flexibility index (Phi) is 6.73. The van der Waals surface area contributed by atoms with Crippen molar-refractivity contribution >= 4 is 23.2 Å². The van der Waals surface area contributed by atoms with Crippen LogP contribution < -0.4 is 20.2 Å². The molecule has 3 rings (SSSR count). The summed E-state index contributed by atoms with van der Waals surface area (Å²) < 4.78 is 10.6. The lowest BCUT2D eigenvalue weighted by molar-refractivity contribution is -0.132. The van der Waals surface area contributed by atoms with Crippen molar-refractivity contribution in [1.82, 2.24) is 10.3 Å². The number of hydrazone groups is 1. The number of amides is 2. The van der Waals surface area contributed by atoms with Crippen LogP contribution in [0, 0.1) is 0 Å². The van der Waals surface area contributed by atoms with Gasteiger partial charge in [0.1, 0.15) is 0 Å². The molecule has 1 atom stereocenters. The van der Waals surface area contributed by atoms with Crippen LogP contribution in [0.1, 0.15) is 38.5 Å². The van der Waals surface area contributed by atoms with Gasteiger partial charge in [0.25, 0.3) is 0 Å². The van der Waals surface area contributed by atoms with Crippen LogP contribution in [0.3, 0.4) is 0 Å². The van der Waals surface area contributed by atoms with E-state index < -0.39 is 0 Å². The fourth-order valence-electron chi connectivity index (χ4n) is 3.58. The van der Waals surface area contributed by atoms with Crippen molar-refractivity contribution in [2.24, 2.45) is 5.10 Å². The van der Waals surface area contributed by atoms with Crippen LogP contribution in [0.4, 0.5) is 5.69 Å². The fourth-order valence-corrected chi connectivity index (χ4v) is 3.58. The van der Waals surface area contributed by atoms with Crippen LogP contribution in [0.5, 0.6) is 11.5 Å². The lowest BCUT2D eigenvalue weighted by Gasteiger charge is -2.34. The molecule has 1 aromatic carbocycles. The zero-order valence-electron chi connectivity index (χ0n) is 16.5. The smallest absolute Gasteiger partial charge is 0.240 e. The quantitative estimate of drug-likeness (QED) is 0.747. The van der Waals surface area contributed by atoms with Crippen molar-refractivity contribution in [2.45, 2.75) is 44.6 Å². The van der Waals surface area contributed by atoms with Crippen molar-refractivity contribution < 1.29 is 19.1 Å². The molecule has 2 heterocycles. The summed E-state index contributed by atoms with van der Waals surface area (Å²) in [5.41, 5.74) is 4.32. The first kappa shape index (κ1) is 20.0. The highest BCUT2D eigenvalue weighted by Gasteiger charge is 2.24. The third kappa shape index (κ3) is 5.15. The Morgan fingerprint density at radius 2 is 2.11 bits per heavy atom. The third-order valence-electron chi connectivity index (χ3n) is 5.14. The zero-order valence-corrected chi connectivity index (χ0v) is 16.5. The number of ether oxygens (including phenoxy) is 2. The van der Waals surface area contributed by atoms with Crippen molar-refractivity contribution in [1.29, 1.82) is 0 Å². The molecule has 0 aliphatic carbocycles. The van der Waals surface area contributed by atoms with Crippen molar-refractivity contribution in [3.63, 3.8) is 0 Å². The lowest BCUT2D eigenvalue weighted by Crippen LogP contribution is -2.45. The molecule has 1 fully saturated rings. The second kappa shape index (κ2) is 9.43. The average Bonchev–Trinajstić information content (AvgIpc) is 2.73. The number of likely N-dealkylation sites (tertiary alicyclic amines) is 1. The Balaban J connectivity index is 1.52. The fraction of sp³-hybridized carbons (Fsp3) is 0.550. The summed E-state index contributed by atoms with van der Waals surface area (Å²) in [5, 5.41) is 7.54. The monoisotopic (exact) mass is 388 g/mol. The van der Waals surface area contributed by atoms with E-state index >= 15 is 0 Å². The number of nitrogens with zero attached hydrogens (tertiary/aromatic N) is 2. The van der Waals surface area contributed by atoms with E-state index in [1.807, 2.05) is 23.1 Å². The van der Waals surface area contributed by atoms with Crippen LogP contribution >= 0.6 is 0 Å². The number of methoxy groups -OCH3 is 2. The van der Waals surface area contributed by atoms with E-state index in [4.69, 9.17) is 9.47 Å². The minimum Gasteiger partial charge on any atom is -0.493 e. The van der Waals surface area contributed by atoms with Gasteiger partial charge in [-0.25, -0.2) is 5.43 Å². The van der Waals surface area contributed by atoms with Gasteiger partial charge in [-0.15, -0.1) is 0 Å². The third-order valence-corrected chi connectivity index (χ3v) is 5.14. The van der Waals surface area contributed by atoms with E-state index in [1.54, 1.807) is 14.2 Å². The molecule has 1 saturated heterocycles. The molecular formula is C20H28N4O4. The van der Waals surface area contributed by atoms with Gasteiger partial charge in [-0.2, -0.15) is 5.10 Å². The predicted octanol–water partition coefficient (Wildman–Crippen LogP) is 2.15. The van der Waals surface area contributed by atoms with Crippen LogP contribution in [0.25, 0.3) is 0 Å². The first-order valence-corrected chi connectivity index (χ1v) is 9.69.